The van der Waals surface area contributed by atoms with Crippen LogP contribution in [0.5, 0.6) is 0 Å². The molecule has 0 radical (unpaired) electrons. The van der Waals surface area contributed by atoms with Crippen molar-refractivity contribution in [2.75, 3.05) is 15.8 Å². The molecule has 0 spiro atoms. The molecule has 3 N–H and O–H groups in total. The number of aromatic nitrogens is 3. The first-order valence-electron chi connectivity index (χ1n) is 11.0. The monoisotopic (exact) mass is 510 g/mol. The van der Waals surface area contributed by atoms with Crippen molar-refractivity contribution in [2.45, 2.75) is 19.9 Å². The molecule has 184 valence electrons. The first-order chi connectivity index (χ1) is 17.3. The van der Waals surface area contributed by atoms with Crippen molar-refractivity contribution in [1.82, 2.24) is 15.0 Å². The van der Waals surface area contributed by atoms with Gasteiger partial charge in [-0.15, -0.1) is 0 Å². The summed E-state index contributed by atoms with van der Waals surface area (Å²) >= 11 is 0. The van der Waals surface area contributed by atoms with Crippen LogP contribution in [0.4, 0.5) is 26.0 Å². The Kier molecular flexibility index (Phi) is 5.96. The Morgan fingerprint density at radius 2 is 2.00 bits per heavy atom. The predicted molar refractivity (Wildman–Crippen MR) is 132 cm³/mol. The molecule has 36 heavy (non-hydrogen) atoms. The number of nitrogens with zero attached hydrogens (tertiary/aromatic N) is 3. The summed E-state index contributed by atoms with van der Waals surface area (Å²) in [6.45, 7) is 2.25. The molecule has 9 nitrogen and oxygen atoms in total. The fraction of sp³-hybridized carbons (Fsp3) is 0.167. The number of aliphatic imine (C=N–C) groups is 1. The largest absolute Gasteiger partial charge is 0.345 e. The highest BCUT2D eigenvalue weighted by atomic mass is 32.2. The number of H-pyrrole nitrogens is 1. The summed E-state index contributed by atoms with van der Waals surface area (Å²) in [7, 11) is -3.87. The zero-order chi connectivity index (χ0) is 25.4. The molecule has 0 aliphatic carbocycles. The van der Waals surface area contributed by atoms with E-state index in [0.717, 1.165) is 23.3 Å². The first-order valence-corrected chi connectivity index (χ1v) is 12.7. The van der Waals surface area contributed by atoms with Crippen LogP contribution in [0.25, 0.3) is 11.0 Å². The van der Waals surface area contributed by atoms with Gasteiger partial charge in [0, 0.05) is 18.1 Å². The van der Waals surface area contributed by atoms with Crippen LogP contribution in [-0.2, 0) is 16.6 Å². The Bertz CT molecular complexity index is 1650. The number of fused-ring (bicyclic) bond motifs is 2. The van der Waals surface area contributed by atoms with Crippen LogP contribution in [0.2, 0.25) is 0 Å². The van der Waals surface area contributed by atoms with Crippen LogP contribution >= 0.6 is 0 Å². The van der Waals surface area contributed by atoms with Crippen molar-refractivity contribution < 1.29 is 22.0 Å². The van der Waals surface area contributed by atoms with E-state index in [4.69, 9.17) is 0 Å². The van der Waals surface area contributed by atoms with Gasteiger partial charge in [0.15, 0.2) is 5.82 Å². The molecule has 0 unspecified atom stereocenters. The molecule has 0 saturated heterocycles. The van der Waals surface area contributed by atoms with E-state index in [1.807, 2.05) is 18.2 Å². The molecule has 0 fully saturated rings. The van der Waals surface area contributed by atoms with Gasteiger partial charge in [0.05, 0.1) is 34.5 Å². The molecule has 2 aromatic heterocycles. The maximum absolute atomic E-state index is 15.3. The predicted octanol–water partition coefficient (Wildman–Crippen LogP) is 4.29. The third kappa shape index (κ3) is 4.31. The topological polar surface area (TPSA) is 129 Å². The minimum Gasteiger partial charge on any atom is -0.345 e. The van der Waals surface area contributed by atoms with Gasteiger partial charge in [-0.1, -0.05) is 13.0 Å². The third-order valence-electron chi connectivity index (χ3n) is 5.67. The second kappa shape index (κ2) is 9.11. The van der Waals surface area contributed by atoms with Crippen LogP contribution in [0.3, 0.4) is 0 Å². The van der Waals surface area contributed by atoms with Crippen LogP contribution < -0.4 is 10.0 Å². The summed E-state index contributed by atoms with van der Waals surface area (Å²) < 4.78 is 56.3. The van der Waals surface area contributed by atoms with Crippen molar-refractivity contribution in [2.24, 2.45) is 4.99 Å². The number of halogens is 2. The molecule has 3 heterocycles. The molecule has 0 saturated carbocycles. The highest BCUT2D eigenvalue weighted by Crippen LogP contribution is 2.31. The van der Waals surface area contributed by atoms with Gasteiger partial charge >= 0.3 is 0 Å². The molecular weight excluding hydrogens is 490 g/mol. The maximum atomic E-state index is 15.3. The molecule has 0 atom stereocenters. The van der Waals surface area contributed by atoms with E-state index in [9.17, 15) is 17.6 Å². The Morgan fingerprint density at radius 1 is 1.17 bits per heavy atom. The number of hydrogen-bond acceptors (Lipinski definition) is 7. The summed E-state index contributed by atoms with van der Waals surface area (Å²) in [5.74, 6) is -3.43. The van der Waals surface area contributed by atoms with Gasteiger partial charge in [-0.25, -0.2) is 27.2 Å². The van der Waals surface area contributed by atoms with Gasteiger partial charge in [0.1, 0.15) is 23.6 Å². The fourth-order valence-corrected chi connectivity index (χ4v) is 5.15. The lowest BCUT2D eigenvalue weighted by atomic mass is 10.0. The summed E-state index contributed by atoms with van der Waals surface area (Å²) in [6.07, 6.45) is 4.63. The van der Waals surface area contributed by atoms with Gasteiger partial charge in [-0.2, -0.15) is 0 Å². The van der Waals surface area contributed by atoms with Crippen molar-refractivity contribution >= 4 is 50.2 Å². The third-order valence-corrected chi connectivity index (χ3v) is 7.15. The first kappa shape index (κ1) is 23.5. The average molecular weight is 511 g/mol. The molecular formula is C24H20F2N6O3S. The molecule has 5 rings (SSSR count). The quantitative estimate of drug-likeness (QED) is 0.303. The maximum Gasteiger partial charge on any atom is 0.232 e. The number of ketones is 1. The highest BCUT2D eigenvalue weighted by Gasteiger charge is 2.27. The highest BCUT2D eigenvalue weighted by molar-refractivity contribution is 7.92. The second-order valence-electron chi connectivity index (χ2n) is 8.19. The number of nitrogens with one attached hydrogen (secondary N) is 3. The molecule has 1 aliphatic rings. The van der Waals surface area contributed by atoms with E-state index in [2.05, 4.69) is 30.0 Å². The van der Waals surface area contributed by atoms with Crippen LogP contribution in [0.15, 0.2) is 47.8 Å². The van der Waals surface area contributed by atoms with E-state index in [0.29, 0.717) is 18.7 Å². The minimum atomic E-state index is -3.87. The van der Waals surface area contributed by atoms with Gasteiger partial charge < -0.3 is 10.3 Å². The van der Waals surface area contributed by atoms with E-state index in [1.165, 1.54) is 12.5 Å². The van der Waals surface area contributed by atoms with E-state index < -0.39 is 38.7 Å². The number of carbonyl (C=O) groups excluding carboxylic acids is 1. The second-order valence-corrected chi connectivity index (χ2v) is 10.0. The number of hydrogen-bond donors (Lipinski definition) is 3. The normalized spacial score (nSPS) is 12.6. The Morgan fingerprint density at radius 3 is 2.81 bits per heavy atom. The molecule has 0 amide bonds. The SMILES string of the molecule is CCCS(=O)(=O)Nc1ccc(F)c(C(=O)c2c[nH]c3ncnc(Nc4ccc5c(c4)C=NC5)c23)c1F. The minimum absolute atomic E-state index is 0.0813. The molecule has 4 aromatic rings. The van der Waals surface area contributed by atoms with Crippen molar-refractivity contribution in [1.29, 1.82) is 0 Å². The molecule has 2 aromatic carbocycles. The molecule has 12 heteroatoms. The number of carbonyl (C=O) groups is 1. The summed E-state index contributed by atoms with van der Waals surface area (Å²) in [5.41, 5.74) is 1.49. The van der Waals surface area contributed by atoms with Crippen LogP contribution in [-0.4, -0.2) is 41.1 Å². The molecule has 0 bridgehead atoms. The van der Waals surface area contributed by atoms with E-state index in [-0.39, 0.29) is 28.2 Å². The summed E-state index contributed by atoms with van der Waals surface area (Å²) in [6, 6.07) is 7.41. The van der Waals surface area contributed by atoms with Crippen LogP contribution in [0.1, 0.15) is 40.4 Å². The van der Waals surface area contributed by atoms with Gasteiger partial charge in [0.2, 0.25) is 15.8 Å². The molecule has 1 aliphatic heterocycles. The van der Waals surface area contributed by atoms with Gasteiger partial charge in [-0.3, -0.25) is 14.5 Å². The van der Waals surface area contributed by atoms with Crippen LogP contribution in [0, 0.1) is 11.6 Å². The average Bonchev–Trinajstić information content (AvgIpc) is 3.48. The summed E-state index contributed by atoms with van der Waals surface area (Å²) in [4.78, 5) is 28.8. The lowest BCUT2D eigenvalue weighted by molar-refractivity contribution is 0.103. The number of rotatable bonds is 8. The van der Waals surface area contributed by atoms with Gasteiger partial charge in [0.25, 0.3) is 0 Å². The number of anilines is 3. The standard InChI is InChI=1S/C24H20F2N6O3S/c1-2-7-36(34,35)32-18-6-5-17(25)20(21(18)26)22(33)16-11-28-23-19(16)24(30-12-29-23)31-15-4-3-13-9-27-10-14(13)8-15/h3-6,8,10-12,32H,2,7,9H2,1H3,(H2,28,29,30,31). The van der Waals surface area contributed by atoms with Crippen molar-refractivity contribution in [3.8, 4) is 0 Å². The number of benzene rings is 2. The number of aromatic amines is 1. The summed E-state index contributed by atoms with van der Waals surface area (Å²) in [5, 5.41) is 3.36. The van der Waals surface area contributed by atoms with Gasteiger partial charge in [-0.05, 0) is 41.8 Å². The fourth-order valence-electron chi connectivity index (χ4n) is 4.01. The Balaban J connectivity index is 1.55. The van der Waals surface area contributed by atoms with Crippen molar-refractivity contribution in [3.05, 3.63) is 76.7 Å². The van der Waals surface area contributed by atoms with E-state index in [1.54, 1.807) is 13.1 Å². The lowest BCUT2D eigenvalue weighted by Gasteiger charge is -2.12. The Hall–Kier alpha value is -4.19. The zero-order valence-corrected chi connectivity index (χ0v) is 19.8. The van der Waals surface area contributed by atoms with E-state index >= 15 is 4.39 Å². The van der Waals surface area contributed by atoms with Crippen molar-refractivity contribution in [3.63, 3.8) is 0 Å². The zero-order valence-electron chi connectivity index (χ0n) is 19.0. The number of sulfonamides is 1. The lowest BCUT2D eigenvalue weighted by Crippen LogP contribution is -2.18. The Labute approximate surface area is 204 Å². The smallest absolute Gasteiger partial charge is 0.232 e.